The molecule has 1 unspecified atom stereocenters. The first-order chi connectivity index (χ1) is 9.93. The van der Waals surface area contributed by atoms with Gasteiger partial charge in [0.1, 0.15) is 0 Å². The Hall–Kier alpha value is -2.22. The quantitative estimate of drug-likeness (QED) is 0.658. The molecule has 0 amide bonds. The zero-order chi connectivity index (χ0) is 13.4. The lowest BCUT2D eigenvalue weighted by Gasteiger charge is -2.25. The molecule has 3 aromatic rings. The highest BCUT2D eigenvalue weighted by molar-refractivity contribution is 5.84. The number of fused-ring (bicyclic) bond motifs is 2. The Kier molecular flexibility index (Phi) is 2.73. The molecule has 1 heterocycles. The van der Waals surface area contributed by atoms with Crippen LogP contribution in [0.1, 0.15) is 35.6 Å². The Morgan fingerprint density at radius 1 is 0.950 bits per heavy atom. The maximum atomic E-state index is 4.48. The molecule has 20 heavy (non-hydrogen) atoms. The molecule has 2 aromatic carbocycles. The highest BCUT2D eigenvalue weighted by atomic mass is 15.1. The van der Waals surface area contributed by atoms with E-state index in [1.165, 1.54) is 41.2 Å². The zero-order valence-electron chi connectivity index (χ0n) is 11.3. The molecule has 0 aliphatic heterocycles. The molecule has 1 aliphatic carbocycles. The van der Waals surface area contributed by atoms with Crippen LogP contribution in [0.3, 0.4) is 0 Å². The lowest BCUT2D eigenvalue weighted by molar-refractivity contribution is 0.602. The molecular weight excluding hydrogens is 244 g/mol. The Morgan fingerprint density at radius 2 is 1.80 bits per heavy atom. The monoisotopic (exact) mass is 260 g/mol. The van der Waals surface area contributed by atoms with Crippen LogP contribution >= 0.6 is 0 Å². The van der Waals surface area contributed by atoms with Crippen molar-refractivity contribution >= 4 is 10.8 Å². The summed E-state index contributed by atoms with van der Waals surface area (Å²) in [6.45, 7) is 0. The molecule has 0 fully saturated rings. The van der Waals surface area contributed by atoms with Crippen LogP contribution in [0.15, 0.2) is 54.7 Å². The molecule has 2 nitrogen and oxygen atoms in total. The van der Waals surface area contributed by atoms with Gasteiger partial charge in [-0.3, -0.25) is 0 Å². The van der Waals surface area contributed by atoms with Gasteiger partial charge in [-0.2, -0.15) is 10.2 Å². The minimum Gasteiger partial charge on any atom is -0.158 e. The third-order valence-corrected chi connectivity index (χ3v) is 4.30. The molecular formula is C18H16N2. The number of rotatable bonds is 1. The minimum absolute atomic E-state index is 0.388. The van der Waals surface area contributed by atoms with Crippen LogP contribution in [0.5, 0.6) is 0 Å². The number of aryl methyl sites for hydroxylation is 1. The second-order valence-electron chi connectivity index (χ2n) is 5.46. The van der Waals surface area contributed by atoms with Crippen molar-refractivity contribution in [2.75, 3.05) is 0 Å². The molecule has 0 spiro atoms. The van der Waals surface area contributed by atoms with Crippen molar-refractivity contribution in [3.8, 4) is 0 Å². The summed E-state index contributed by atoms with van der Waals surface area (Å²) in [6.07, 6.45) is 5.44. The summed E-state index contributed by atoms with van der Waals surface area (Å²) in [7, 11) is 0. The van der Waals surface area contributed by atoms with Gasteiger partial charge in [0.05, 0.1) is 11.9 Å². The molecule has 2 heteroatoms. The van der Waals surface area contributed by atoms with Gasteiger partial charge in [-0.15, -0.1) is 0 Å². The largest absolute Gasteiger partial charge is 0.158 e. The summed E-state index contributed by atoms with van der Waals surface area (Å²) in [6, 6.07) is 17.2. The Bertz CT molecular complexity index is 759. The summed E-state index contributed by atoms with van der Waals surface area (Å²) in [5, 5.41) is 11.1. The van der Waals surface area contributed by atoms with Gasteiger partial charge in [0.2, 0.25) is 0 Å². The van der Waals surface area contributed by atoms with Crippen LogP contribution in [-0.4, -0.2) is 10.2 Å². The van der Waals surface area contributed by atoms with Crippen molar-refractivity contribution in [2.24, 2.45) is 0 Å². The second-order valence-corrected chi connectivity index (χ2v) is 5.46. The molecule has 0 saturated heterocycles. The van der Waals surface area contributed by atoms with Gasteiger partial charge >= 0.3 is 0 Å². The lowest BCUT2D eigenvalue weighted by atomic mass is 9.80. The predicted molar refractivity (Wildman–Crippen MR) is 80.8 cm³/mol. The number of aromatic nitrogens is 2. The van der Waals surface area contributed by atoms with Crippen molar-refractivity contribution in [1.29, 1.82) is 0 Å². The molecule has 0 saturated carbocycles. The first-order valence-electron chi connectivity index (χ1n) is 7.21. The van der Waals surface area contributed by atoms with E-state index in [1.54, 1.807) is 0 Å². The number of hydrogen-bond acceptors (Lipinski definition) is 2. The summed E-state index contributed by atoms with van der Waals surface area (Å²) in [5.41, 5.74) is 4.04. The smallest absolute Gasteiger partial charge is 0.0784 e. The van der Waals surface area contributed by atoms with Gasteiger partial charge in [-0.1, -0.05) is 48.5 Å². The first kappa shape index (κ1) is 11.6. The standard InChI is InChI=1S/C18H16N2/c1-3-9-15-13(6-1)8-5-11-17(15)18-16-10-4-2-7-14(16)12-19-20-18/h1-4,6-7,9-10,12,17H,5,8,11H2. The molecule has 1 aromatic heterocycles. The second kappa shape index (κ2) is 4.71. The van der Waals surface area contributed by atoms with E-state index in [2.05, 4.69) is 58.7 Å². The number of benzene rings is 2. The van der Waals surface area contributed by atoms with E-state index in [0.29, 0.717) is 5.92 Å². The fourth-order valence-corrected chi connectivity index (χ4v) is 3.35. The van der Waals surface area contributed by atoms with Crippen molar-refractivity contribution in [2.45, 2.75) is 25.2 Å². The van der Waals surface area contributed by atoms with Crippen molar-refractivity contribution in [3.63, 3.8) is 0 Å². The highest BCUT2D eigenvalue weighted by Crippen LogP contribution is 2.37. The topological polar surface area (TPSA) is 25.8 Å². The van der Waals surface area contributed by atoms with Gasteiger partial charge < -0.3 is 0 Å². The van der Waals surface area contributed by atoms with Gasteiger partial charge in [-0.05, 0) is 30.4 Å². The van der Waals surface area contributed by atoms with Crippen LogP contribution in [0.2, 0.25) is 0 Å². The van der Waals surface area contributed by atoms with Crippen LogP contribution in [-0.2, 0) is 6.42 Å². The third-order valence-electron chi connectivity index (χ3n) is 4.30. The van der Waals surface area contributed by atoms with E-state index >= 15 is 0 Å². The Labute approximate surface area is 118 Å². The van der Waals surface area contributed by atoms with Gasteiger partial charge in [0.25, 0.3) is 0 Å². The summed E-state index contributed by atoms with van der Waals surface area (Å²) >= 11 is 0. The number of nitrogens with zero attached hydrogens (tertiary/aromatic N) is 2. The van der Waals surface area contributed by atoms with Gasteiger partial charge in [-0.25, -0.2) is 0 Å². The van der Waals surface area contributed by atoms with E-state index < -0.39 is 0 Å². The molecule has 0 bridgehead atoms. The summed E-state index contributed by atoms with van der Waals surface area (Å²) < 4.78 is 0. The molecule has 4 rings (SSSR count). The SMILES string of the molecule is c1ccc2c(c1)CCCC2c1nncc2ccccc12. The lowest BCUT2D eigenvalue weighted by Crippen LogP contribution is -2.13. The van der Waals surface area contributed by atoms with Gasteiger partial charge in [0.15, 0.2) is 0 Å². The van der Waals surface area contributed by atoms with E-state index in [4.69, 9.17) is 0 Å². The minimum atomic E-state index is 0.388. The van der Waals surface area contributed by atoms with Crippen LogP contribution in [0, 0.1) is 0 Å². The van der Waals surface area contributed by atoms with Crippen LogP contribution in [0.25, 0.3) is 10.8 Å². The van der Waals surface area contributed by atoms with Crippen molar-refractivity contribution in [1.82, 2.24) is 10.2 Å². The molecule has 1 aliphatic rings. The first-order valence-corrected chi connectivity index (χ1v) is 7.21. The summed E-state index contributed by atoms with van der Waals surface area (Å²) in [5.74, 6) is 0.388. The molecule has 0 N–H and O–H groups in total. The van der Waals surface area contributed by atoms with E-state index in [0.717, 1.165) is 5.69 Å². The van der Waals surface area contributed by atoms with Gasteiger partial charge in [0, 0.05) is 16.7 Å². The average Bonchev–Trinajstić information content (AvgIpc) is 2.54. The van der Waals surface area contributed by atoms with E-state index in [-0.39, 0.29) is 0 Å². The molecule has 98 valence electrons. The average molecular weight is 260 g/mol. The third kappa shape index (κ3) is 1.80. The molecule has 1 atom stereocenters. The fraction of sp³-hybridized carbons (Fsp3) is 0.222. The maximum absolute atomic E-state index is 4.48. The Balaban J connectivity index is 1.93. The normalized spacial score (nSPS) is 17.9. The fourth-order valence-electron chi connectivity index (χ4n) is 3.35. The molecule has 0 radical (unpaired) electrons. The van der Waals surface area contributed by atoms with E-state index in [9.17, 15) is 0 Å². The zero-order valence-corrected chi connectivity index (χ0v) is 11.3. The van der Waals surface area contributed by atoms with Crippen LogP contribution in [0.4, 0.5) is 0 Å². The van der Waals surface area contributed by atoms with Crippen molar-refractivity contribution in [3.05, 3.63) is 71.5 Å². The summed E-state index contributed by atoms with van der Waals surface area (Å²) in [4.78, 5) is 0. The highest BCUT2D eigenvalue weighted by Gasteiger charge is 2.24. The van der Waals surface area contributed by atoms with E-state index in [1.807, 2.05) is 6.20 Å². The predicted octanol–water partition coefficient (Wildman–Crippen LogP) is 4.10. The van der Waals surface area contributed by atoms with Crippen LogP contribution < -0.4 is 0 Å². The maximum Gasteiger partial charge on any atom is 0.0784 e. The number of hydrogen-bond donors (Lipinski definition) is 0. The Morgan fingerprint density at radius 3 is 2.80 bits per heavy atom. The van der Waals surface area contributed by atoms with Crippen molar-refractivity contribution < 1.29 is 0 Å².